The molecule has 0 amide bonds. The van der Waals surface area contributed by atoms with Crippen molar-refractivity contribution in [1.82, 2.24) is 4.98 Å². The standard InChI is InChI=1S/C15H17NO4/c1-10(2)19-8-9-20-14-7-6-11-12(15(17)18)4-3-5-13(11)16-14/h3-7,10H,8-9H2,1-2H3,(H,17,18). The van der Waals surface area contributed by atoms with E-state index in [-0.39, 0.29) is 11.7 Å². The number of aromatic carboxylic acids is 1. The quantitative estimate of drug-likeness (QED) is 0.821. The minimum Gasteiger partial charge on any atom is -0.478 e. The van der Waals surface area contributed by atoms with Gasteiger partial charge in [0.25, 0.3) is 0 Å². The highest BCUT2D eigenvalue weighted by atomic mass is 16.5. The lowest BCUT2D eigenvalue weighted by atomic mass is 10.1. The predicted octanol–water partition coefficient (Wildman–Crippen LogP) is 2.74. The van der Waals surface area contributed by atoms with Crippen molar-refractivity contribution in [3.8, 4) is 5.88 Å². The number of carboxylic acids is 1. The van der Waals surface area contributed by atoms with Crippen molar-refractivity contribution in [2.45, 2.75) is 20.0 Å². The van der Waals surface area contributed by atoms with Crippen LogP contribution in [0.2, 0.25) is 0 Å². The highest BCUT2D eigenvalue weighted by molar-refractivity contribution is 6.02. The summed E-state index contributed by atoms with van der Waals surface area (Å²) < 4.78 is 10.9. The van der Waals surface area contributed by atoms with Gasteiger partial charge in [-0.3, -0.25) is 0 Å². The molecule has 0 saturated carbocycles. The summed E-state index contributed by atoms with van der Waals surface area (Å²) in [6.45, 7) is 4.82. The van der Waals surface area contributed by atoms with Crippen LogP contribution in [0.15, 0.2) is 30.3 Å². The van der Waals surface area contributed by atoms with Crippen molar-refractivity contribution >= 4 is 16.9 Å². The van der Waals surface area contributed by atoms with Gasteiger partial charge >= 0.3 is 5.97 Å². The normalized spacial score (nSPS) is 10.9. The summed E-state index contributed by atoms with van der Waals surface area (Å²) in [5.41, 5.74) is 0.844. The molecule has 0 radical (unpaired) electrons. The number of rotatable bonds is 6. The zero-order valence-electron chi connectivity index (χ0n) is 11.5. The number of aromatic nitrogens is 1. The molecule has 20 heavy (non-hydrogen) atoms. The van der Waals surface area contributed by atoms with Crippen LogP contribution in [0.5, 0.6) is 5.88 Å². The molecule has 1 heterocycles. The Morgan fingerprint density at radius 3 is 2.75 bits per heavy atom. The smallest absolute Gasteiger partial charge is 0.336 e. The zero-order valence-corrected chi connectivity index (χ0v) is 11.5. The summed E-state index contributed by atoms with van der Waals surface area (Å²) in [4.78, 5) is 15.4. The fourth-order valence-corrected chi connectivity index (χ4v) is 1.83. The summed E-state index contributed by atoms with van der Waals surface area (Å²) in [5.74, 6) is -0.496. The predicted molar refractivity (Wildman–Crippen MR) is 75.3 cm³/mol. The number of carboxylic acid groups (broad SMARTS) is 1. The third-order valence-electron chi connectivity index (χ3n) is 2.72. The third kappa shape index (κ3) is 3.45. The van der Waals surface area contributed by atoms with E-state index < -0.39 is 5.97 Å². The Balaban J connectivity index is 2.12. The van der Waals surface area contributed by atoms with Crippen LogP contribution in [0.1, 0.15) is 24.2 Å². The summed E-state index contributed by atoms with van der Waals surface area (Å²) in [6.07, 6.45) is 0.168. The highest BCUT2D eigenvalue weighted by Gasteiger charge is 2.09. The molecule has 106 valence electrons. The van der Waals surface area contributed by atoms with Gasteiger partial charge in [-0.1, -0.05) is 6.07 Å². The Bertz CT molecular complexity index is 610. The van der Waals surface area contributed by atoms with E-state index in [2.05, 4.69) is 4.98 Å². The number of pyridine rings is 1. The van der Waals surface area contributed by atoms with Crippen LogP contribution < -0.4 is 4.74 Å². The average Bonchev–Trinajstić information content (AvgIpc) is 2.42. The first-order chi connectivity index (χ1) is 9.58. The molecule has 5 heteroatoms. The molecular formula is C15H17NO4. The molecule has 0 saturated heterocycles. The number of fused-ring (bicyclic) bond motifs is 1. The largest absolute Gasteiger partial charge is 0.478 e. The monoisotopic (exact) mass is 275 g/mol. The van der Waals surface area contributed by atoms with Gasteiger partial charge in [-0.05, 0) is 32.0 Å². The first-order valence-electron chi connectivity index (χ1n) is 6.45. The molecule has 0 aliphatic carbocycles. The lowest BCUT2D eigenvalue weighted by Crippen LogP contribution is -2.11. The lowest BCUT2D eigenvalue weighted by molar-refractivity contribution is 0.0543. The Labute approximate surface area is 117 Å². The first kappa shape index (κ1) is 14.3. The first-order valence-corrected chi connectivity index (χ1v) is 6.45. The average molecular weight is 275 g/mol. The van der Waals surface area contributed by atoms with E-state index in [1.165, 1.54) is 0 Å². The van der Waals surface area contributed by atoms with Crippen molar-refractivity contribution < 1.29 is 19.4 Å². The fraction of sp³-hybridized carbons (Fsp3) is 0.333. The second-order valence-corrected chi connectivity index (χ2v) is 4.59. The summed E-state index contributed by atoms with van der Waals surface area (Å²) in [5, 5.41) is 9.70. The van der Waals surface area contributed by atoms with Gasteiger partial charge < -0.3 is 14.6 Å². The molecule has 0 unspecified atom stereocenters. The number of carbonyl (C=O) groups is 1. The summed E-state index contributed by atoms with van der Waals surface area (Å²) >= 11 is 0. The second kappa shape index (κ2) is 6.34. The van der Waals surface area contributed by atoms with Crippen LogP contribution in [-0.4, -0.2) is 35.4 Å². The van der Waals surface area contributed by atoms with Crippen LogP contribution in [-0.2, 0) is 4.74 Å². The number of hydrogen-bond acceptors (Lipinski definition) is 4. The number of benzene rings is 1. The molecule has 5 nitrogen and oxygen atoms in total. The molecular weight excluding hydrogens is 258 g/mol. The fourth-order valence-electron chi connectivity index (χ4n) is 1.83. The topological polar surface area (TPSA) is 68.7 Å². The van der Waals surface area contributed by atoms with E-state index in [1.54, 1.807) is 30.3 Å². The minimum atomic E-state index is -0.962. The number of hydrogen-bond donors (Lipinski definition) is 1. The molecule has 0 bridgehead atoms. The van der Waals surface area contributed by atoms with E-state index in [4.69, 9.17) is 14.6 Å². The van der Waals surface area contributed by atoms with Crippen molar-refractivity contribution in [3.05, 3.63) is 35.9 Å². The Hall–Kier alpha value is -2.14. The van der Waals surface area contributed by atoms with Crippen LogP contribution in [0, 0.1) is 0 Å². The van der Waals surface area contributed by atoms with Crippen LogP contribution >= 0.6 is 0 Å². The molecule has 0 aliphatic rings. The van der Waals surface area contributed by atoms with Gasteiger partial charge in [0.1, 0.15) is 6.61 Å². The molecule has 0 atom stereocenters. The Morgan fingerprint density at radius 1 is 1.25 bits per heavy atom. The number of nitrogens with zero attached hydrogens (tertiary/aromatic N) is 1. The maximum absolute atomic E-state index is 11.1. The van der Waals surface area contributed by atoms with Gasteiger partial charge in [0.05, 0.1) is 23.8 Å². The maximum atomic E-state index is 11.1. The van der Waals surface area contributed by atoms with Gasteiger partial charge in [-0.25, -0.2) is 9.78 Å². The van der Waals surface area contributed by atoms with Gasteiger partial charge in [0.15, 0.2) is 0 Å². The van der Waals surface area contributed by atoms with Gasteiger partial charge in [0.2, 0.25) is 5.88 Å². The molecule has 1 aromatic carbocycles. The SMILES string of the molecule is CC(C)OCCOc1ccc2c(C(=O)O)cccc2n1. The summed E-state index contributed by atoms with van der Waals surface area (Å²) in [7, 11) is 0. The van der Waals surface area contributed by atoms with E-state index in [9.17, 15) is 4.79 Å². The van der Waals surface area contributed by atoms with Gasteiger partial charge in [-0.15, -0.1) is 0 Å². The molecule has 2 rings (SSSR count). The summed E-state index contributed by atoms with van der Waals surface area (Å²) in [6, 6.07) is 8.38. The Morgan fingerprint density at radius 2 is 2.05 bits per heavy atom. The number of ether oxygens (including phenoxy) is 2. The minimum absolute atomic E-state index is 0.168. The van der Waals surface area contributed by atoms with Crippen molar-refractivity contribution in [1.29, 1.82) is 0 Å². The van der Waals surface area contributed by atoms with Crippen molar-refractivity contribution in [3.63, 3.8) is 0 Å². The van der Waals surface area contributed by atoms with E-state index in [1.807, 2.05) is 13.8 Å². The molecule has 1 aromatic heterocycles. The second-order valence-electron chi connectivity index (χ2n) is 4.59. The molecule has 1 N–H and O–H groups in total. The molecule has 0 spiro atoms. The molecule has 0 fully saturated rings. The third-order valence-corrected chi connectivity index (χ3v) is 2.72. The lowest BCUT2D eigenvalue weighted by Gasteiger charge is -2.09. The molecule has 2 aromatic rings. The van der Waals surface area contributed by atoms with Gasteiger partial charge in [-0.2, -0.15) is 0 Å². The van der Waals surface area contributed by atoms with Crippen LogP contribution in [0.3, 0.4) is 0 Å². The van der Waals surface area contributed by atoms with E-state index in [0.717, 1.165) is 0 Å². The highest BCUT2D eigenvalue weighted by Crippen LogP contribution is 2.20. The van der Waals surface area contributed by atoms with Gasteiger partial charge in [0, 0.05) is 11.5 Å². The molecule has 0 aliphatic heterocycles. The Kier molecular flexibility index (Phi) is 4.53. The van der Waals surface area contributed by atoms with Crippen LogP contribution in [0.25, 0.3) is 10.9 Å². The zero-order chi connectivity index (χ0) is 14.5. The van der Waals surface area contributed by atoms with E-state index in [0.29, 0.717) is 30.0 Å². The van der Waals surface area contributed by atoms with Crippen molar-refractivity contribution in [2.75, 3.05) is 13.2 Å². The maximum Gasteiger partial charge on any atom is 0.336 e. The van der Waals surface area contributed by atoms with Crippen molar-refractivity contribution in [2.24, 2.45) is 0 Å². The van der Waals surface area contributed by atoms with E-state index >= 15 is 0 Å². The van der Waals surface area contributed by atoms with Crippen LogP contribution in [0.4, 0.5) is 0 Å².